The molecule has 1 aliphatic rings. The Kier molecular flexibility index (Phi) is 5.49. The van der Waals surface area contributed by atoms with E-state index in [1.54, 1.807) is 0 Å². The Labute approximate surface area is 128 Å². The molecule has 1 aromatic heterocycles. The van der Waals surface area contributed by atoms with E-state index in [1.807, 2.05) is 4.98 Å². The van der Waals surface area contributed by atoms with Gasteiger partial charge in [0.25, 0.3) is 5.56 Å². The number of aliphatic hydroxyl groups excluding tert-OH is 1. The van der Waals surface area contributed by atoms with Crippen LogP contribution in [0, 0.1) is 0 Å². The average Bonchev–Trinajstić information content (AvgIpc) is 2.74. The van der Waals surface area contributed by atoms with Crippen molar-refractivity contribution in [2.24, 2.45) is 0 Å². The normalized spacial score (nSPS) is 28.2. The highest BCUT2D eigenvalue weighted by molar-refractivity contribution is 7.46. The molecule has 0 bridgehead atoms. The van der Waals surface area contributed by atoms with Crippen molar-refractivity contribution < 1.29 is 38.5 Å². The van der Waals surface area contributed by atoms with Crippen molar-refractivity contribution in [2.45, 2.75) is 24.5 Å². The number of rotatable bonds is 6. The topological polar surface area (TPSA) is 170 Å². The van der Waals surface area contributed by atoms with Crippen LogP contribution in [-0.2, 0) is 23.6 Å². The number of hydrogen-bond donors (Lipinski definition) is 4. The van der Waals surface area contributed by atoms with E-state index >= 15 is 0 Å². The van der Waals surface area contributed by atoms with Gasteiger partial charge in [-0.05, 0) is 0 Å². The van der Waals surface area contributed by atoms with Gasteiger partial charge in [-0.25, -0.2) is 19.1 Å². The van der Waals surface area contributed by atoms with Crippen LogP contribution in [0.2, 0.25) is 0 Å². The Hall–Kier alpha value is -1.37. The zero-order valence-electron chi connectivity index (χ0n) is 11.8. The lowest BCUT2D eigenvalue weighted by Gasteiger charge is -2.19. The molecule has 0 radical (unpaired) electrons. The van der Waals surface area contributed by atoms with E-state index in [0.29, 0.717) is 0 Å². The molecule has 1 aliphatic heterocycles. The maximum atomic E-state index is 11.8. The average molecular weight is 354 g/mol. The third-order valence-electron chi connectivity index (χ3n) is 3.05. The SMILES string of the molecule is COO[C@H]1[C@H](O)[C@H](COP(=O)(O)O)O[C@@H]1n1ccc(=O)[nH]c1=O. The van der Waals surface area contributed by atoms with E-state index in [9.17, 15) is 19.3 Å². The number of ether oxygens (including phenoxy) is 1. The van der Waals surface area contributed by atoms with E-state index in [-0.39, 0.29) is 0 Å². The van der Waals surface area contributed by atoms with E-state index in [0.717, 1.165) is 16.8 Å². The van der Waals surface area contributed by atoms with Gasteiger partial charge in [0.15, 0.2) is 12.3 Å². The molecule has 23 heavy (non-hydrogen) atoms. The Morgan fingerprint density at radius 2 is 2.13 bits per heavy atom. The molecule has 4 N–H and O–H groups in total. The summed E-state index contributed by atoms with van der Waals surface area (Å²) >= 11 is 0. The van der Waals surface area contributed by atoms with Gasteiger partial charge < -0.3 is 19.6 Å². The molecule has 4 atom stereocenters. The zero-order chi connectivity index (χ0) is 17.2. The minimum Gasteiger partial charge on any atom is -0.387 e. The number of aromatic nitrogens is 2. The van der Waals surface area contributed by atoms with E-state index in [2.05, 4.69) is 9.41 Å². The van der Waals surface area contributed by atoms with Crippen molar-refractivity contribution >= 4 is 7.82 Å². The zero-order valence-corrected chi connectivity index (χ0v) is 12.7. The van der Waals surface area contributed by atoms with E-state index in [4.69, 9.17) is 19.4 Å². The van der Waals surface area contributed by atoms with Gasteiger partial charge >= 0.3 is 13.5 Å². The minimum absolute atomic E-state index is 0.629. The molecule has 1 aromatic rings. The fourth-order valence-corrected chi connectivity index (χ4v) is 2.43. The number of phosphoric acid groups is 1. The molecule has 1 fully saturated rings. The van der Waals surface area contributed by atoms with Crippen LogP contribution >= 0.6 is 7.82 Å². The largest absolute Gasteiger partial charge is 0.469 e. The monoisotopic (exact) mass is 354 g/mol. The van der Waals surface area contributed by atoms with Crippen molar-refractivity contribution in [3.8, 4) is 0 Å². The Bertz CT molecular complexity index is 695. The first-order chi connectivity index (χ1) is 10.7. The highest BCUT2D eigenvalue weighted by Gasteiger charge is 2.47. The van der Waals surface area contributed by atoms with Crippen LogP contribution in [-0.4, -0.2) is 56.5 Å². The number of nitrogens with one attached hydrogen (secondary N) is 1. The molecule has 2 rings (SSSR count). The summed E-state index contributed by atoms with van der Waals surface area (Å²) in [6, 6.07) is 1.06. The lowest BCUT2D eigenvalue weighted by Crippen LogP contribution is -2.39. The van der Waals surface area contributed by atoms with Gasteiger partial charge in [0.05, 0.1) is 13.7 Å². The van der Waals surface area contributed by atoms with E-state index < -0.39 is 50.2 Å². The number of aromatic amines is 1. The Morgan fingerprint density at radius 3 is 2.70 bits per heavy atom. The predicted molar refractivity (Wildman–Crippen MR) is 71.1 cm³/mol. The van der Waals surface area contributed by atoms with Crippen LogP contribution in [0.4, 0.5) is 0 Å². The molecule has 13 heteroatoms. The number of nitrogens with zero attached hydrogens (tertiary/aromatic N) is 1. The molecule has 0 unspecified atom stereocenters. The van der Waals surface area contributed by atoms with Crippen molar-refractivity contribution in [3.05, 3.63) is 33.1 Å². The fourth-order valence-electron chi connectivity index (χ4n) is 2.09. The predicted octanol–water partition coefficient (Wildman–Crippen LogP) is -2.15. The number of aliphatic hydroxyl groups is 1. The maximum absolute atomic E-state index is 11.8. The van der Waals surface area contributed by atoms with Crippen molar-refractivity contribution in [1.29, 1.82) is 0 Å². The fraction of sp³-hybridized carbons (Fsp3) is 0.600. The minimum atomic E-state index is -4.77. The van der Waals surface area contributed by atoms with Gasteiger partial charge in [0.1, 0.15) is 12.2 Å². The van der Waals surface area contributed by atoms with Crippen molar-refractivity contribution in [1.82, 2.24) is 9.55 Å². The number of phosphoric ester groups is 1. The summed E-state index contributed by atoms with van der Waals surface area (Å²) in [6.07, 6.45) is -3.90. The second kappa shape index (κ2) is 7.03. The summed E-state index contributed by atoms with van der Waals surface area (Å²) in [7, 11) is -3.60. The molecule has 1 saturated heterocycles. The summed E-state index contributed by atoms with van der Waals surface area (Å²) in [5.74, 6) is 0. The van der Waals surface area contributed by atoms with Gasteiger partial charge in [-0.2, -0.15) is 0 Å². The smallest absolute Gasteiger partial charge is 0.387 e. The first kappa shape index (κ1) is 18.0. The quantitative estimate of drug-likeness (QED) is 0.251. The second-order valence-corrected chi connectivity index (χ2v) is 5.83. The molecule has 2 heterocycles. The lowest BCUT2D eigenvalue weighted by molar-refractivity contribution is -0.327. The number of hydrogen-bond acceptors (Lipinski definition) is 8. The summed E-state index contributed by atoms with van der Waals surface area (Å²) < 4.78 is 21.3. The molecule has 0 aliphatic carbocycles. The summed E-state index contributed by atoms with van der Waals surface area (Å²) in [6.45, 7) is -0.649. The third-order valence-corrected chi connectivity index (χ3v) is 3.54. The van der Waals surface area contributed by atoms with Crippen LogP contribution in [0.15, 0.2) is 21.9 Å². The maximum Gasteiger partial charge on any atom is 0.469 e. The van der Waals surface area contributed by atoms with Crippen molar-refractivity contribution in [2.75, 3.05) is 13.7 Å². The molecule has 12 nitrogen and oxygen atoms in total. The molecule has 0 saturated carbocycles. The van der Waals surface area contributed by atoms with Gasteiger partial charge in [-0.1, -0.05) is 0 Å². The standard InChI is InChI=1S/C10H15N2O10P/c1-19-22-8-7(14)5(4-20-23(16,17)18)21-9(8)12-3-2-6(13)11-10(12)15/h2-3,5,7-9,14H,4H2,1H3,(H,11,13,15)(H2,16,17,18)/t5-,7+,8-,9-/m0/s1. The molecule has 0 amide bonds. The van der Waals surface area contributed by atoms with Gasteiger partial charge in [-0.15, -0.1) is 0 Å². The molecule has 0 aromatic carbocycles. The van der Waals surface area contributed by atoms with E-state index in [1.165, 1.54) is 7.11 Å². The first-order valence-corrected chi connectivity index (χ1v) is 7.80. The van der Waals surface area contributed by atoms with Crippen LogP contribution in [0.3, 0.4) is 0 Å². The Morgan fingerprint density at radius 1 is 1.43 bits per heavy atom. The van der Waals surface area contributed by atoms with Crippen LogP contribution < -0.4 is 11.2 Å². The van der Waals surface area contributed by atoms with Gasteiger partial charge in [0, 0.05) is 12.3 Å². The first-order valence-electron chi connectivity index (χ1n) is 6.27. The Balaban J connectivity index is 2.25. The highest BCUT2D eigenvalue weighted by Crippen LogP contribution is 2.38. The highest BCUT2D eigenvalue weighted by atomic mass is 31.2. The van der Waals surface area contributed by atoms with Crippen LogP contribution in [0.5, 0.6) is 0 Å². The summed E-state index contributed by atoms with van der Waals surface area (Å²) in [5, 5.41) is 10.1. The molecule has 0 spiro atoms. The lowest BCUT2D eigenvalue weighted by atomic mass is 10.1. The summed E-state index contributed by atoms with van der Waals surface area (Å²) in [4.78, 5) is 51.6. The van der Waals surface area contributed by atoms with Gasteiger partial charge in [-0.3, -0.25) is 18.9 Å². The molecular weight excluding hydrogens is 339 g/mol. The molecular formula is C10H15N2O10P. The number of H-pyrrole nitrogens is 1. The van der Waals surface area contributed by atoms with Crippen LogP contribution in [0.25, 0.3) is 0 Å². The van der Waals surface area contributed by atoms with Crippen molar-refractivity contribution in [3.63, 3.8) is 0 Å². The van der Waals surface area contributed by atoms with Gasteiger partial charge in [0.2, 0.25) is 0 Å². The second-order valence-electron chi connectivity index (χ2n) is 4.59. The molecule has 130 valence electrons. The third kappa shape index (κ3) is 4.34. The van der Waals surface area contributed by atoms with Crippen LogP contribution in [0.1, 0.15) is 6.23 Å². The summed E-state index contributed by atoms with van der Waals surface area (Å²) in [5.41, 5.74) is -1.45.